The lowest BCUT2D eigenvalue weighted by Gasteiger charge is -1.96. The third kappa shape index (κ3) is 7.71. The predicted octanol–water partition coefficient (Wildman–Crippen LogP) is 1.18. The summed E-state index contributed by atoms with van der Waals surface area (Å²) in [5.74, 6) is 0.462. The fourth-order valence-electron chi connectivity index (χ4n) is 0.714. The van der Waals surface area contributed by atoms with Gasteiger partial charge in [-0.2, -0.15) is 0 Å². The summed E-state index contributed by atoms with van der Waals surface area (Å²) in [5.41, 5.74) is 0. The van der Waals surface area contributed by atoms with Crippen molar-refractivity contribution in [1.82, 2.24) is 5.32 Å². The maximum atomic E-state index is 11.1. The minimum atomic E-state index is -0.988. The lowest BCUT2D eigenvalue weighted by molar-refractivity contribution is -0.116. The molecule has 0 rings (SSSR count). The van der Waals surface area contributed by atoms with Gasteiger partial charge in [-0.15, -0.1) is 0 Å². The third-order valence-electron chi connectivity index (χ3n) is 1.33. The summed E-state index contributed by atoms with van der Waals surface area (Å²) >= 11 is 0. The SMILES string of the molecule is CCCNC(=O)/C=C\[S@@](=O)CCC. The van der Waals surface area contributed by atoms with Crippen molar-refractivity contribution in [3.05, 3.63) is 11.5 Å². The summed E-state index contributed by atoms with van der Waals surface area (Å²) in [5, 5.41) is 4.12. The molecule has 0 aromatic carbocycles. The first kappa shape index (κ1) is 12.4. The van der Waals surface area contributed by atoms with E-state index in [2.05, 4.69) is 5.32 Å². The molecule has 0 fully saturated rings. The van der Waals surface area contributed by atoms with Crippen LogP contribution in [0.1, 0.15) is 26.7 Å². The Morgan fingerprint density at radius 3 is 2.62 bits per heavy atom. The number of hydrogen-bond acceptors (Lipinski definition) is 2. The summed E-state index contributed by atoms with van der Waals surface area (Å²) in [6.07, 6.45) is 3.13. The van der Waals surface area contributed by atoms with Gasteiger partial charge in [0.25, 0.3) is 0 Å². The summed E-state index contributed by atoms with van der Waals surface area (Å²) in [7, 11) is -0.988. The van der Waals surface area contributed by atoms with E-state index < -0.39 is 10.8 Å². The van der Waals surface area contributed by atoms with Crippen molar-refractivity contribution in [1.29, 1.82) is 0 Å². The minimum absolute atomic E-state index is 0.161. The van der Waals surface area contributed by atoms with Crippen molar-refractivity contribution >= 4 is 16.7 Å². The molecule has 0 aromatic heterocycles. The fraction of sp³-hybridized carbons (Fsp3) is 0.667. The number of carbonyl (C=O) groups excluding carboxylic acids is 1. The summed E-state index contributed by atoms with van der Waals surface area (Å²) in [4.78, 5) is 11.0. The quantitative estimate of drug-likeness (QED) is 0.659. The molecule has 0 bridgehead atoms. The largest absolute Gasteiger partial charge is 0.353 e. The molecule has 1 atom stereocenters. The number of amides is 1. The van der Waals surface area contributed by atoms with E-state index >= 15 is 0 Å². The molecule has 0 radical (unpaired) electrons. The van der Waals surface area contributed by atoms with Crippen LogP contribution in [0.4, 0.5) is 0 Å². The molecule has 0 saturated carbocycles. The normalized spacial score (nSPS) is 13.1. The molecule has 1 amide bonds. The Hall–Kier alpha value is -0.640. The lowest BCUT2D eigenvalue weighted by Crippen LogP contribution is -2.21. The second-order valence-electron chi connectivity index (χ2n) is 2.68. The van der Waals surface area contributed by atoms with Crippen molar-refractivity contribution in [2.45, 2.75) is 26.7 Å². The smallest absolute Gasteiger partial charge is 0.244 e. The predicted molar refractivity (Wildman–Crippen MR) is 55.7 cm³/mol. The van der Waals surface area contributed by atoms with Crippen LogP contribution in [0, 0.1) is 0 Å². The van der Waals surface area contributed by atoms with Crippen molar-refractivity contribution in [3.8, 4) is 0 Å². The van der Waals surface area contributed by atoms with E-state index in [0.29, 0.717) is 12.3 Å². The molecule has 1 N–H and O–H groups in total. The molecular formula is C9H17NO2S. The third-order valence-corrected chi connectivity index (χ3v) is 2.58. The average molecular weight is 203 g/mol. The first-order valence-corrected chi connectivity index (χ1v) is 5.92. The van der Waals surface area contributed by atoms with Gasteiger partial charge in [-0.3, -0.25) is 9.00 Å². The molecule has 0 heterocycles. The van der Waals surface area contributed by atoms with Crippen molar-refractivity contribution in [2.75, 3.05) is 12.3 Å². The van der Waals surface area contributed by atoms with Gasteiger partial charge in [-0.25, -0.2) is 0 Å². The van der Waals surface area contributed by atoms with Crippen LogP contribution in [-0.2, 0) is 15.6 Å². The maximum absolute atomic E-state index is 11.1. The van der Waals surface area contributed by atoms with E-state index in [4.69, 9.17) is 0 Å². The highest BCUT2D eigenvalue weighted by Gasteiger charge is 1.94. The van der Waals surface area contributed by atoms with Crippen molar-refractivity contribution in [3.63, 3.8) is 0 Å². The highest BCUT2D eigenvalue weighted by molar-refractivity contribution is 7.87. The standard InChI is InChI=1S/C9H17NO2S/c1-3-6-10-9(11)5-8-13(12)7-4-2/h5,8H,3-4,6-7H2,1-2H3,(H,10,11)/b8-5-/t13-/m0/s1. The number of hydrogen-bond donors (Lipinski definition) is 1. The van der Waals surface area contributed by atoms with Crippen LogP contribution in [0.2, 0.25) is 0 Å². The first-order valence-electron chi connectivity index (χ1n) is 4.53. The topological polar surface area (TPSA) is 46.2 Å². The molecule has 3 nitrogen and oxygen atoms in total. The monoisotopic (exact) mass is 203 g/mol. The Balaban J connectivity index is 3.69. The van der Waals surface area contributed by atoms with Crippen molar-refractivity contribution < 1.29 is 9.00 Å². The average Bonchev–Trinajstić information content (AvgIpc) is 2.12. The number of nitrogens with one attached hydrogen (secondary N) is 1. The van der Waals surface area contributed by atoms with Crippen LogP contribution in [-0.4, -0.2) is 22.4 Å². The van der Waals surface area contributed by atoms with Gasteiger partial charge in [0.15, 0.2) is 0 Å². The Labute approximate surface area is 82.1 Å². The van der Waals surface area contributed by atoms with Crippen LogP contribution < -0.4 is 5.32 Å². The molecule has 4 heteroatoms. The van der Waals surface area contributed by atoms with E-state index in [0.717, 1.165) is 12.8 Å². The van der Waals surface area contributed by atoms with Gasteiger partial charge >= 0.3 is 0 Å². The number of carbonyl (C=O) groups is 1. The zero-order chi connectivity index (χ0) is 10.1. The van der Waals surface area contributed by atoms with Crippen LogP contribution in [0.25, 0.3) is 0 Å². The van der Waals surface area contributed by atoms with Crippen LogP contribution >= 0.6 is 0 Å². The zero-order valence-electron chi connectivity index (χ0n) is 8.21. The zero-order valence-corrected chi connectivity index (χ0v) is 9.02. The molecule has 0 aromatic rings. The molecule has 0 unspecified atom stereocenters. The Morgan fingerprint density at radius 1 is 1.38 bits per heavy atom. The number of rotatable bonds is 6. The second kappa shape index (κ2) is 7.98. The molecule has 0 aliphatic carbocycles. The van der Waals surface area contributed by atoms with E-state index in [-0.39, 0.29) is 5.91 Å². The summed E-state index contributed by atoms with van der Waals surface area (Å²) in [6, 6.07) is 0. The molecular weight excluding hydrogens is 186 g/mol. The molecule has 0 aliphatic heterocycles. The van der Waals surface area contributed by atoms with E-state index in [1.807, 2.05) is 13.8 Å². The van der Waals surface area contributed by atoms with Gasteiger partial charge in [-0.05, 0) is 12.8 Å². The molecule has 13 heavy (non-hydrogen) atoms. The van der Waals surface area contributed by atoms with Gasteiger partial charge in [0.05, 0.1) is 0 Å². The summed E-state index contributed by atoms with van der Waals surface area (Å²) < 4.78 is 11.1. The Bertz CT molecular complexity index is 202. The highest BCUT2D eigenvalue weighted by Crippen LogP contribution is 1.88. The first-order chi connectivity index (χ1) is 6.20. The van der Waals surface area contributed by atoms with Gasteiger partial charge in [0.1, 0.15) is 0 Å². The Kier molecular flexibility index (Phi) is 7.59. The lowest BCUT2D eigenvalue weighted by atomic mass is 10.4. The maximum Gasteiger partial charge on any atom is 0.244 e. The molecule has 0 spiro atoms. The molecule has 0 saturated heterocycles. The van der Waals surface area contributed by atoms with Gasteiger partial charge in [0.2, 0.25) is 5.91 Å². The minimum Gasteiger partial charge on any atom is -0.353 e. The van der Waals surface area contributed by atoms with E-state index in [1.165, 1.54) is 11.5 Å². The molecule has 0 aliphatic rings. The second-order valence-corrected chi connectivity index (χ2v) is 4.12. The van der Waals surface area contributed by atoms with E-state index in [9.17, 15) is 9.00 Å². The van der Waals surface area contributed by atoms with Gasteiger partial charge < -0.3 is 5.32 Å². The Morgan fingerprint density at radius 2 is 2.08 bits per heavy atom. The van der Waals surface area contributed by atoms with Crippen molar-refractivity contribution in [2.24, 2.45) is 0 Å². The fourth-order valence-corrected chi connectivity index (χ4v) is 1.53. The van der Waals surface area contributed by atoms with E-state index in [1.54, 1.807) is 0 Å². The highest BCUT2D eigenvalue weighted by atomic mass is 32.2. The van der Waals surface area contributed by atoms with Crippen LogP contribution in [0.5, 0.6) is 0 Å². The van der Waals surface area contributed by atoms with Crippen LogP contribution in [0.3, 0.4) is 0 Å². The van der Waals surface area contributed by atoms with Gasteiger partial charge in [0, 0.05) is 34.6 Å². The molecule has 76 valence electrons. The summed E-state index contributed by atoms with van der Waals surface area (Å²) in [6.45, 7) is 4.62. The van der Waals surface area contributed by atoms with Gasteiger partial charge in [-0.1, -0.05) is 13.8 Å². The van der Waals surface area contributed by atoms with Crippen LogP contribution in [0.15, 0.2) is 11.5 Å².